The lowest BCUT2D eigenvalue weighted by Gasteiger charge is -2.34. The van der Waals surface area contributed by atoms with Crippen molar-refractivity contribution >= 4 is 5.84 Å². The van der Waals surface area contributed by atoms with Crippen LogP contribution in [0.1, 0.15) is 31.2 Å². The molecule has 1 aliphatic heterocycles. The van der Waals surface area contributed by atoms with Crippen LogP contribution in [0.4, 0.5) is 0 Å². The van der Waals surface area contributed by atoms with E-state index in [0.29, 0.717) is 11.9 Å². The summed E-state index contributed by atoms with van der Waals surface area (Å²) in [5.41, 5.74) is 7.05. The van der Waals surface area contributed by atoms with Crippen LogP contribution in [0.15, 0.2) is 35.3 Å². The van der Waals surface area contributed by atoms with Gasteiger partial charge in [0.25, 0.3) is 0 Å². The Hall–Kier alpha value is -1.39. The third-order valence-corrected chi connectivity index (χ3v) is 3.92. The first kappa shape index (κ1) is 12.6. The summed E-state index contributed by atoms with van der Waals surface area (Å²) in [6.45, 7) is 1.44. The summed E-state index contributed by atoms with van der Waals surface area (Å²) in [7, 11) is 0. The zero-order valence-electron chi connectivity index (χ0n) is 11.0. The maximum absolute atomic E-state index is 6.06. The second kappa shape index (κ2) is 5.31. The minimum Gasteiger partial charge on any atom is -0.383 e. The van der Waals surface area contributed by atoms with Crippen LogP contribution in [-0.2, 0) is 9.47 Å². The molecule has 1 aliphatic carbocycles. The van der Waals surface area contributed by atoms with Gasteiger partial charge in [-0.05, 0) is 12.8 Å². The van der Waals surface area contributed by atoms with E-state index in [-0.39, 0.29) is 5.79 Å². The van der Waals surface area contributed by atoms with E-state index in [0.717, 1.165) is 44.5 Å². The number of nitrogens with zero attached hydrogens (tertiary/aromatic N) is 1. The van der Waals surface area contributed by atoms with Crippen LogP contribution in [-0.4, -0.2) is 30.9 Å². The fourth-order valence-corrected chi connectivity index (χ4v) is 2.84. The lowest BCUT2D eigenvalue weighted by Crippen LogP contribution is -2.36. The quantitative estimate of drug-likeness (QED) is 0.654. The highest BCUT2D eigenvalue weighted by Crippen LogP contribution is 2.36. The first-order valence-electron chi connectivity index (χ1n) is 6.94. The van der Waals surface area contributed by atoms with Gasteiger partial charge >= 0.3 is 0 Å². The van der Waals surface area contributed by atoms with E-state index < -0.39 is 0 Å². The zero-order chi connectivity index (χ0) is 13.1. The normalized spacial score (nSPS) is 23.9. The van der Waals surface area contributed by atoms with Gasteiger partial charge in [-0.15, -0.1) is 0 Å². The topological polar surface area (TPSA) is 56.8 Å². The molecule has 0 unspecified atom stereocenters. The van der Waals surface area contributed by atoms with Crippen LogP contribution in [0, 0.1) is 0 Å². The number of benzene rings is 1. The van der Waals surface area contributed by atoms with Crippen molar-refractivity contribution in [2.45, 2.75) is 37.5 Å². The molecule has 0 bridgehead atoms. The highest BCUT2D eigenvalue weighted by molar-refractivity contribution is 5.97. The SMILES string of the molecule is NC(=NC1CCC2(CC1)OCCO2)c1ccccc1. The standard InChI is InChI=1S/C15H20N2O2/c16-14(12-4-2-1-3-5-12)17-13-6-8-15(9-7-13)18-10-11-19-15/h1-5,13H,6-11H2,(H2,16,17). The highest BCUT2D eigenvalue weighted by Gasteiger charge is 2.40. The Kier molecular flexibility index (Phi) is 3.53. The number of rotatable bonds is 2. The summed E-state index contributed by atoms with van der Waals surface area (Å²) in [6.07, 6.45) is 3.80. The maximum Gasteiger partial charge on any atom is 0.168 e. The van der Waals surface area contributed by atoms with Crippen molar-refractivity contribution < 1.29 is 9.47 Å². The molecule has 0 radical (unpaired) electrons. The van der Waals surface area contributed by atoms with Crippen LogP contribution in [0.2, 0.25) is 0 Å². The predicted octanol–water partition coefficient (Wildman–Crippen LogP) is 2.08. The summed E-state index contributed by atoms with van der Waals surface area (Å²) in [5.74, 6) is 0.322. The molecular formula is C15H20N2O2. The minimum atomic E-state index is -0.312. The van der Waals surface area contributed by atoms with Crippen LogP contribution in [0.5, 0.6) is 0 Å². The Balaban J connectivity index is 1.62. The molecule has 1 aromatic rings. The third kappa shape index (κ3) is 2.80. The van der Waals surface area contributed by atoms with Crippen molar-refractivity contribution in [3.05, 3.63) is 35.9 Å². The van der Waals surface area contributed by atoms with E-state index in [9.17, 15) is 0 Å². The Bertz CT molecular complexity index is 442. The fourth-order valence-electron chi connectivity index (χ4n) is 2.84. The Morgan fingerprint density at radius 3 is 2.37 bits per heavy atom. The molecule has 0 atom stereocenters. The van der Waals surface area contributed by atoms with Crippen molar-refractivity contribution in [2.24, 2.45) is 10.7 Å². The van der Waals surface area contributed by atoms with E-state index in [1.54, 1.807) is 0 Å². The second-order valence-electron chi connectivity index (χ2n) is 5.22. The highest BCUT2D eigenvalue weighted by atomic mass is 16.7. The van der Waals surface area contributed by atoms with Gasteiger partial charge in [0.05, 0.1) is 19.3 Å². The van der Waals surface area contributed by atoms with Gasteiger partial charge in [-0.3, -0.25) is 4.99 Å². The molecule has 1 heterocycles. The molecule has 2 aliphatic rings. The summed E-state index contributed by atoms with van der Waals surface area (Å²) in [6, 6.07) is 10.2. The van der Waals surface area contributed by atoms with E-state index in [1.165, 1.54) is 0 Å². The largest absolute Gasteiger partial charge is 0.383 e. The molecule has 102 valence electrons. The van der Waals surface area contributed by atoms with Gasteiger partial charge in [0, 0.05) is 18.4 Å². The van der Waals surface area contributed by atoms with Crippen LogP contribution < -0.4 is 5.73 Å². The van der Waals surface area contributed by atoms with Gasteiger partial charge in [0.15, 0.2) is 5.79 Å². The molecule has 19 heavy (non-hydrogen) atoms. The molecule has 0 amide bonds. The number of nitrogens with two attached hydrogens (primary N) is 1. The smallest absolute Gasteiger partial charge is 0.168 e. The van der Waals surface area contributed by atoms with Gasteiger partial charge in [-0.1, -0.05) is 30.3 Å². The third-order valence-electron chi connectivity index (χ3n) is 3.92. The Morgan fingerprint density at radius 2 is 1.74 bits per heavy atom. The summed E-state index contributed by atoms with van der Waals surface area (Å²) < 4.78 is 11.4. The van der Waals surface area contributed by atoms with Crippen molar-refractivity contribution in [3.8, 4) is 0 Å². The molecular weight excluding hydrogens is 240 g/mol. The Morgan fingerprint density at radius 1 is 1.11 bits per heavy atom. The molecule has 1 spiro atoms. The summed E-state index contributed by atoms with van der Waals surface area (Å²) >= 11 is 0. The Labute approximate surface area is 113 Å². The summed E-state index contributed by atoms with van der Waals surface area (Å²) in [4.78, 5) is 4.64. The minimum absolute atomic E-state index is 0.290. The average Bonchev–Trinajstić information content (AvgIpc) is 2.91. The van der Waals surface area contributed by atoms with Gasteiger partial charge in [0.2, 0.25) is 0 Å². The first-order valence-corrected chi connectivity index (χ1v) is 6.94. The van der Waals surface area contributed by atoms with E-state index in [4.69, 9.17) is 15.2 Å². The average molecular weight is 260 g/mol. The predicted molar refractivity (Wildman–Crippen MR) is 74.1 cm³/mol. The molecule has 1 aromatic carbocycles. The molecule has 0 aromatic heterocycles. The van der Waals surface area contributed by atoms with Gasteiger partial charge < -0.3 is 15.2 Å². The molecule has 4 heteroatoms. The second-order valence-corrected chi connectivity index (χ2v) is 5.22. The van der Waals surface area contributed by atoms with Crippen molar-refractivity contribution in [3.63, 3.8) is 0 Å². The number of aliphatic imine (C=N–C) groups is 1. The van der Waals surface area contributed by atoms with Crippen LogP contribution in [0.25, 0.3) is 0 Å². The van der Waals surface area contributed by atoms with Gasteiger partial charge in [0.1, 0.15) is 5.84 Å². The lowest BCUT2D eigenvalue weighted by molar-refractivity contribution is -0.178. The fraction of sp³-hybridized carbons (Fsp3) is 0.533. The number of ether oxygens (including phenoxy) is 2. The monoisotopic (exact) mass is 260 g/mol. The molecule has 2 N–H and O–H groups in total. The van der Waals surface area contributed by atoms with Gasteiger partial charge in [-0.2, -0.15) is 0 Å². The maximum atomic E-state index is 6.06. The van der Waals surface area contributed by atoms with Crippen LogP contribution in [0.3, 0.4) is 0 Å². The van der Waals surface area contributed by atoms with Crippen molar-refractivity contribution in [1.82, 2.24) is 0 Å². The first-order chi connectivity index (χ1) is 9.27. The van der Waals surface area contributed by atoms with Gasteiger partial charge in [-0.25, -0.2) is 0 Å². The molecule has 3 rings (SSSR count). The van der Waals surface area contributed by atoms with Crippen molar-refractivity contribution in [1.29, 1.82) is 0 Å². The van der Waals surface area contributed by atoms with E-state index in [1.807, 2.05) is 30.3 Å². The number of hydrogen-bond acceptors (Lipinski definition) is 3. The number of amidine groups is 1. The number of hydrogen-bond donors (Lipinski definition) is 1. The van der Waals surface area contributed by atoms with Crippen molar-refractivity contribution in [2.75, 3.05) is 13.2 Å². The van der Waals surface area contributed by atoms with E-state index in [2.05, 4.69) is 4.99 Å². The molecule has 1 saturated carbocycles. The lowest BCUT2D eigenvalue weighted by atomic mass is 9.90. The molecule has 4 nitrogen and oxygen atoms in total. The van der Waals surface area contributed by atoms with E-state index >= 15 is 0 Å². The molecule has 2 fully saturated rings. The zero-order valence-corrected chi connectivity index (χ0v) is 11.0. The summed E-state index contributed by atoms with van der Waals surface area (Å²) in [5, 5.41) is 0. The van der Waals surface area contributed by atoms with Crippen LogP contribution >= 0.6 is 0 Å². The molecule has 1 saturated heterocycles.